The van der Waals surface area contributed by atoms with E-state index in [1.54, 1.807) is 33.5 Å². The van der Waals surface area contributed by atoms with E-state index < -0.39 is 11.4 Å². The summed E-state index contributed by atoms with van der Waals surface area (Å²) in [6.07, 6.45) is 5.29. The van der Waals surface area contributed by atoms with E-state index in [2.05, 4.69) is 4.98 Å². The number of hydrogen-bond acceptors (Lipinski definition) is 5. The molecule has 0 bridgehead atoms. The van der Waals surface area contributed by atoms with Crippen molar-refractivity contribution in [2.45, 2.75) is 52.6 Å². The van der Waals surface area contributed by atoms with Gasteiger partial charge in [-0.05, 0) is 44.9 Å². The predicted octanol–water partition coefficient (Wildman–Crippen LogP) is 3.38. The van der Waals surface area contributed by atoms with Gasteiger partial charge in [0.2, 0.25) is 0 Å². The van der Waals surface area contributed by atoms with E-state index in [1.165, 1.54) is 0 Å². The first-order chi connectivity index (χ1) is 13.3. The van der Waals surface area contributed by atoms with Crippen molar-refractivity contribution >= 4 is 5.97 Å². The van der Waals surface area contributed by atoms with Crippen molar-refractivity contribution in [3.05, 3.63) is 48.5 Å². The molecular formula is C21H30N2O5. The summed E-state index contributed by atoms with van der Waals surface area (Å²) >= 11 is 0. The molecule has 7 nitrogen and oxygen atoms in total. The molecule has 1 aromatic carbocycles. The molecule has 1 heterocycles. The molecule has 2 rings (SSSR count). The number of methoxy groups -OCH3 is 1. The fourth-order valence-corrected chi connectivity index (χ4v) is 2.98. The van der Waals surface area contributed by atoms with E-state index in [4.69, 9.17) is 14.2 Å². The van der Waals surface area contributed by atoms with Crippen molar-refractivity contribution in [3.8, 4) is 5.75 Å². The number of aromatic nitrogens is 2. The van der Waals surface area contributed by atoms with Gasteiger partial charge in [-0.25, -0.2) is 4.98 Å². The van der Waals surface area contributed by atoms with Crippen LogP contribution in [-0.4, -0.2) is 46.6 Å². The predicted molar refractivity (Wildman–Crippen MR) is 105 cm³/mol. The third kappa shape index (κ3) is 6.98. The lowest BCUT2D eigenvalue weighted by molar-refractivity contribution is -0.150. The van der Waals surface area contributed by atoms with Gasteiger partial charge in [-0.1, -0.05) is 12.1 Å². The number of imidazole rings is 1. The Morgan fingerprint density at radius 2 is 2.00 bits per heavy atom. The normalized spacial score (nSPS) is 13.9. The van der Waals surface area contributed by atoms with Gasteiger partial charge >= 0.3 is 5.97 Å². The summed E-state index contributed by atoms with van der Waals surface area (Å²) in [6, 6.07) is 7.72. The highest BCUT2D eigenvalue weighted by Crippen LogP contribution is 2.24. The quantitative estimate of drug-likeness (QED) is 0.598. The fraction of sp³-hybridized carbons (Fsp3) is 0.524. The molecule has 0 amide bonds. The Morgan fingerprint density at radius 3 is 2.57 bits per heavy atom. The molecule has 0 saturated carbocycles. The molecule has 2 aromatic rings. The van der Waals surface area contributed by atoms with Gasteiger partial charge in [0.05, 0.1) is 50.8 Å². The number of ether oxygens (including phenoxy) is 3. The Balaban J connectivity index is 1.91. The average molecular weight is 390 g/mol. The zero-order valence-corrected chi connectivity index (χ0v) is 17.0. The van der Waals surface area contributed by atoms with E-state index in [9.17, 15) is 9.90 Å². The Morgan fingerprint density at radius 1 is 1.29 bits per heavy atom. The second-order valence-corrected chi connectivity index (χ2v) is 7.58. The van der Waals surface area contributed by atoms with Gasteiger partial charge < -0.3 is 23.9 Å². The Hall–Kier alpha value is -2.38. The van der Waals surface area contributed by atoms with Crippen molar-refractivity contribution in [1.29, 1.82) is 0 Å². The van der Waals surface area contributed by atoms with Gasteiger partial charge in [-0.3, -0.25) is 4.79 Å². The van der Waals surface area contributed by atoms with Gasteiger partial charge in [0.25, 0.3) is 0 Å². The van der Waals surface area contributed by atoms with Crippen LogP contribution in [0.3, 0.4) is 0 Å². The first-order valence-electron chi connectivity index (χ1n) is 9.35. The topological polar surface area (TPSA) is 82.8 Å². The molecule has 2 atom stereocenters. The van der Waals surface area contributed by atoms with Crippen LogP contribution in [-0.2, 0) is 27.4 Å². The van der Waals surface area contributed by atoms with Crippen LogP contribution in [0.5, 0.6) is 5.75 Å². The van der Waals surface area contributed by atoms with Crippen LogP contribution in [0.2, 0.25) is 0 Å². The van der Waals surface area contributed by atoms with Crippen molar-refractivity contribution < 1.29 is 24.1 Å². The van der Waals surface area contributed by atoms with Crippen LogP contribution < -0.4 is 4.74 Å². The first-order valence-corrected chi connectivity index (χ1v) is 9.35. The Bertz CT molecular complexity index is 713. The number of carboxylic acids is 1. The second kappa shape index (κ2) is 10.2. The highest BCUT2D eigenvalue weighted by molar-refractivity contribution is 5.73. The lowest BCUT2D eigenvalue weighted by Crippen LogP contribution is -2.34. The number of carbonyl (C=O) groups is 1. The molecule has 28 heavy (non-hydrogen) atoms. The number of carboxylic acid groups (broad SMARTS) is 1. The summed E-state index contributed by atoms with van der Waals surface area (Å²) in [5, 5.41) is 9.33. The summed E-state index contributed by atoms with van der Waals surface area (Å²) in [5.41, 5.74) is 0.199. The maximum absolute atomic E-state index is 11.4. The molecule has 0 saturated heterocycles. The number of benzene rings is 1. The van der Waals surface area contributed by atoms with Crippen molar-refractivity contribution in [2.75, 3.05) is 13.7 Å². The van der Waals surface area contributed by atoms with Gasteiger partial charge in [-0.2, -0.15) is 0 Å². The largest absolute Gasteiger partial charge is 0.497 e. The highest BCUT2D eigenvalue weighted by atomic mass is 16.5. The molecular weight excluding hydrogens is 360 g/mol. The lowest BCUT2D eigenvalue weighted by Gasteiger charge is -2.27. The Labute approximate surface area is 166 Å². The summed E-state index contributed by atoms with van der Waals surface area (Å²) in [5.74, 6) is -0.0233. The zero-order valence-electron chi connectivity index (χ0n) is 17.0. The fourth-order valence-electron chi connectivity index (χ4n) is 2.98. The van der Waals surface area contributed by atoms with Crippen LogP contribution in [0.15, 0.2) is 43.0 Å². The lowest BCUT2D eigenvalue weighted by atomic mass is 9.87. The SMILES string of the molecule is COc1ccc(COCC(Cn2ccnc2)OC(C)CC(C)(C)C(=O)O)cc1. The molecule has 0 radical (unpaired) electrons. The molecule has 0 spiro atoms. The number of rotatable bonds is 12. The molecule has 0 aliphatic rings. The van der Waals surface area contributed by atoms with Crippen LogP contribution in [0.25, 0.3) is 0 Å². The minimum Gasteiger partial charge on any atom is -0.497 e. The summed E-state index contributed by atoms with van der Waals surface area (Å²) in [4.78, 5) is 15.4. The van der Waals surface area contributed by atoms with Crippen LogP contribution >= 0.6 is 0 Å². The molecule has 0 fully saturated rings. The molecule has 2 unspecified atom stereocenters. The molecule has 1 aromatic heterocycles. The monoisotopic (exact) mass is 390 g/mol. The molecule has 0 aliphatic carbocycles. The van der Waals surface area contributed by atoms with Crippen LogP contribution in [0.1, 0.15) is 32.8 Å². The molecule has 1 N–H and O–H groups in total. The third-order valence-electron chi connectivity index (χ3n) is 4.51. The Kier molecular flexibility index (Phi) is 8.02. The van der Waals surface area contributed by atoms with Crippen LogP contribution in [0.4, 0.5) is 0 Å². The third-order valence-corrected chi connectivity index (χ3v) is 4.51. The highest BCUT2D eigenvalue weighted by Gasteiger charge is 2.30. The maximum atomic E-state index is 11.4. The van der Waals surface area contributed by atoms with E-state index in [-0.39, 0.29) is 12.2 Å². The number of nitrogens with zero attached hydrogens (tertiary/aromatic N) is 2. The van der Waals surface area contributed by atoms with E-state index in [1.807, 2.05) is 42.0 Å². The minimum absolute atomic E-state index is 0.216. The van der Waals surface area contributed by atoms with E-state index in [0.29, 0.717) is 26.2 Å². The van der Waals surface area contributed by atoms with Gasteiger partial charge in [0.15, 0.2) is 0 Å². The van der Waals surface area contributed by atoms with Gasteiger partial charge in [0.1, 0.15) is 5.75 Å². The van der Waals surface area contributed by atoms with Gasteiger partial charge in [0, 0.05) is 12.4 Å². The van der Waals surface area contributed by atoms with Gasteiger partial charge in [-0.15, -0.1) is 0 Å². The zero-order chi connectivity index (χ0) is 20.6. The van der Waals surface area contributed by atoms with Crippen molar-refractivity contribution in [2.24, 2.45) is 5.41 Å². The smallest absolute Gasteiger partial charge is 0.309 e. The average Bonchev–Trinajstić information content (AvgIpc) is 3.14. The molecule has 7 heteroatoms. The minimum atomic E-state index is -0.844. The molecule has 0 aliphatic heterocycles. The van der Waals surface area contributed by atoms with Crippen molar-refractivity contribution in [3.63, 3.8) is 0 Å². The van der Waals surface area contributed by atoms with E-state index in [0.717, 1.165) is 11.3 Å². The summed E-state index contributed by atoms with van der Waals surface area (Å²) in [7, 11) is 1.64. The number of aliphatic carboxylic acids is 1. The second-order valence-electron chi connectivity index (χ2n) is 7.58. The standard InChI is InChI=1S/C21H30N2O5/c1-16(11-21(2,3)20(24)25)28-19(12-23-10-9-22-15-23)14-27-13-17-5-7-18(26-4)8-6-17/h5-10,15-16,19H,11-14H2,1-4H3,(H,24,25). The summed E-state index contributed by atoms with van der Waals surface area (Å²) < 4.78 is 19.1. The molecule has 154 valence electrons. The van der Waals surface area contributed by atoms with Crippen molar-refractivity contribution in [1.82, 2.24) is 9.55 Å². The van der Waals surface area contributed by atoms with Crippen LogP contribution in [0, 0.1) is 5.41 Å². The maximum Gasteiger partial charge on any atom is 0.309 e. The number of hydrogen-bond donors (Lipinski definition) is 1. The first kappa shape index (κ1) is 21.9. The van der Waals surface area contributed by atoms with E-state index >= 15 is 0 Å². The summed E-state index contributed by atoms with van der Waals surface area (Å²) in [6.45, 7) is 6.75.